The summed E-state index contributed by atoms with van der Waals surface area (Å²) in [6.07, 6.45) is -4.78. The van der Waals surface area contributed by atoms with Gasteiger partial charge in [0.15, 0.2) is 5.65 Å². The molecule has 4 heterocycles. The molecule has 1 fully saturated rings. The minimum Gasteiger partial charge on any atom is -0.373 e. The monoisotopic (exact) mass is 386 g/mol. The summed E-state index contributed by atoms with van der Waals surface area (Å²) >= 11 is 1.44. The summed E-state index contributed by atoms with van der Waals surface area (Å²) in [6.45, 7) is 2.23. The van der Waals surface area contributed by atoms with E-state index in [2.05, 4.69) is 35.7 Å². The molecule has 138 valence electrons. The highest BCUT2D eigenvalue weighted by molar-refractivity contribution is 7.13. The topological polar surface area (TPSA) is 93.4 Å². The van der Waals surface area contributed by atoms with Crippen molar-refractivity contribution in [2.75, 3.05) is 36.5 Å². The quantitative estimate of drug-likeness (QED) is 0.718. The van der Waals surface area contributed by atoms with Gasteiger partial charge in [-0.1, -0.05) is 11.3 Å². The van der Waals surface area contributed by atoms with Crippen LogP contribution < -0.4 is 10.2 Å². The molecule has 13 heteroatoms. The second-order valence-corrected chi connectivity index (χ2v) is 6.36. The SMILES string of the molecule is FC(F)(F)c1nnc2ccc(NC[C@H]3CN(c4nncs4)CCO3)nn12. The van der Waals surface area contributed by atoms with Gasteiger partial charge in [-0.15, -0.1) is 25.5 Å². The first-order valence-corrected chi connectivity index (χ1v) is 8.55. The van der Waals surface area contributed by atoms with Crippen molar-refractivity contribution in [2.45, 2.75) is 12.3 Å². The predicted molar refractivity (Wildman–Crippen MR) is 86.1 cm³/mol. The first-order valence-electron chi connectivity index (χ1n) is 7.67. The Bertz CT molecular complexity index is 883. The van der Waals surface area contributed by atoms with Crippen molar-refractivity contribution < 1.29 is 17.9 Å². The summed E-state index contributed by atoms with van der Waals surface area (Å²) in [7, 11) is 0. The van der Waals surface area contributed by atoms with Crippen LogP contribution in [0.4, 0.5) is 24.1 Å². The van der Waals surface area contributed by atoms with Crippen molar-refractivity contribution in [2.24, 2.45) is 0 Å². The summed E-state index contributed by atoms with van der Waals surface area (Å²) in [5, 5.41) is 22.2. The van der Waals surface area contributed by atoms with E-state index < -0.39 is 12.0 Å². The van der Waals surface area contributed by atoms with E-state index in [-0.39, 0.29) is 17.6 Å². The molecular formula is C13H13F3N8OS. The lowest BCUT2D eigenvalue weighted by Crippen LogP contribution is -2.45. The summed E-state index contributed by atoms with van der Waals surface area (Å²) in [4.78, 5) is 2.06. The zero-order valence-corrected chi connectivity index (χ0v) is 14.0. The van der Waals surface area contributed by atoms with E-state index in [0.29, 0.717) is 30.8 Å². The standard InChI is InChI=1S/C13H13F3N8OS/c14-13(15,16)11-20-19-10-2-1-9(22-24(10)11)17-5-8-6-23(3-4-25-8)12-21-18-7-26-12/h1-2,7-8H,3-6H2,(H,17,22)/t8-/m0/s1. The van der Waals surface area contributed by atoms with Crippen molar-refractivity contribution in [1.82, 2.24) is 30.0 Å². The fourth-order valence-electron chi connectivity index (χ4n) is 2.60. The highest BCUT2D eigenvalue weighted by Crippen LogP contribution is 2.27. The van der Waals surface area contributed by atoms with Crippen LogP contribution in [0, 0.1) is 0 Å². The number of nitrogens with one attached hydrogen (secondary N) is 1. The Morgan fingerprint density at radius 3 is 2.92 bits per heavy atom. The van der Waals surface area contributed by atoms with Crippen molar-refractivity contribution >= 4 is 27.9 Å². The van der Waals surface area contributed by atoms with Gasteiger partial charge in [0.1, 0.15) is 11.3 Å². The third-order valence-corrected chi connectivity index (χ3v) is 4.54. The second-order valence-electron chi connectivity index (χ2n) is 5.55. The molecule has 1 N–H and O–H groups in total. The van der Waals surface area contributed by atoms with Crippen LogP contribution in [0.25, 0.3) is 5.65 Å². The Morgan fingerprint density at radius 1 is 1.27 bits per heavy atom. The van der Waals surface area contributed by atoms with Crippen LogP contribution in [0.15, 0.2) is 17.6 Å². The third-order valence-electron chi connectivity index (χ3n) is 3.79. The number of nitrogens with zero attached hydrogens (tertiary/aromatic N) is 7. The van der Waals surface area contributed by atoms with E-state index in [4.69, 9.17) is 4.74 Å². The maximum absolute atomic E-state index is 12.9. The lowest BCUT2D eigenvalue weighted by molar-refractivity contribution is -0.146. The molecule has 1 aliphatic heterocycles. The normalized spacial score (nSPS) is 18.4. The first-order chi connectivity index (χ1) is 12.5. The first kappa shape index (κ1) is 16.9. The number of alkyl halides is 3. The average molecular weight is 386 g/mol. The third kappa shape index (κ3) is 3.39. The Morgan fingerprint density at radius 2 is 2.15 bits per heavy atom. The molecule has 3 aromatic heterocycles. The average Bonchev–Trinajstić information content (AvgIpc) is 3.29. The molecule has 9 nitrogen and oxygen atoms in total. The van der Waals surface area contributed by atoms with E-state index in [1.54, 1.807) is 11.6 Å². The van der Waals surface area contributed by atoms with Gasteiger partial charge in [-0.05, 0) is 12.1 Å². The molecule has 0 aromatic carbocycles. The van der Waals surface area contributed by atoms with Crippen LogP contribution >= 0.6 is 11.3 Å². The molecule has 0 spiro atoms. The van der Waals surface area contributed by atoms with Gasteiger partial charge in [-0.2, -0.15) is 17.7 Å². The molecule has 0 radical (unpaired) electrons. The summed E-state index contributed by atoms with van der Waals surface area (Å²) in [5.41, 5.74) is 1.69. The molecule has 0 bridgehead atoms. The Hall–Kier alpha value is -2.54. The van der Waals surface area contributed by atoms with Crippen LogP contribution in [0.2, 0.25) is 0 Å². The molecule has 0 saturated carbocycles. The number of rotatable bonds is 4. The van der Waals surface area contributed by atoms with Crippen molar-refractivity contribution in [3.63, 3.8) is 0 Å². The number of hydrogen-bond acceptors (Lipinski definition) is 9. The molecular weight excluding hydrogens is 373 g/mol. The Kier molecular flexibility index (Phi) is 4.32. The number of aromatic nitrogens is 6. The van der Waals surface area contributed by atoms with Crippen LogP contribution in [0.1, 0.15) is 5.82 Å². The van der Waals surface area contributed by atoms with Gasteiger partial charge in [0.25, 0.3) is 5.82 Å². The zero-order valence-electron chi connectivity index (χ0n) is 13.2. The maximum atomic E-state index is 12.9. The summed E-state index contributed by atoms with van der Waals surface area (Å²) < 4.78 is 45.1. The van der Waals surface area contributed by atoms with Gasteiger partial charge in [0.05, 0.1) is 12.7 Å². The molecule has 0 amide bonds. The Balaban J connectivity index is 1.44. The minimum absolute atomic E-state index is 0.0271. The molecule has 26 heavy (non-hydrogen) atoms. The van der Waals surface area contributed by atoms with E-state index in [1.165, 1.54) is 17.4 Å². The molecule has 4 rings (SSSR count). The van der Waals surface area contributed by atoms with Gasteiger partial charge in [0, 0.05) is 19.6 Å². The van der Waals surface area contributed by atoms with Crippen LogP contribution in [0.3, 0.4) is 0 Å². The van der Waals surface area contributed by atoms with Gasteiger partial charge in [-0.25, -0.2) is 0 Å². The lowest BCUT2D eigenvalue weighted by Gasteiger charge is -2.32. The fourth-order valence-corrected chi connectivity index (χ4v) is 3.20. The lowest BCUT2D eigenvalue weighted by atomic mass is 10.3. The fraction of sp³-hybridized carbons (Fsp3) is 0.462. The molecule has 1 aliphatic rings. The Labute approximate surface area is 148 Å². The summed E-state index contributed by atoms with van der Waals surface area (Å²) in [6, 6.07) is 2.97. The van der Waals surface area contributed by atoms with Gasteiger partial charge < -0.3 is 15.0 Å². The number of fused-ring (bicyclic) bond motifs is 1. The van der Waals surface area contributed by atoms with Crippen LogP contribution in [0.5, 0.6) is 0 Å². The second kappa shape index (κ2) is 6.64. The highest BCUT2D eigenvalue weighted by Gasteiger charge is 2.37. The van der Waals surface area contributed by atoms with E-state index in [9.17, 15) is 13.2 Å². The molecule has 3 aromatic rings. The van der Waals surface area contributed by atoms with E-state index in [1.807, 2.05) is 0 Å². The summed E-state index contributed by atoms with van der Waals surface area (Å²) in [5.74, 6) is -0.882. The van der Waals surface area contributed by atoms with E-state index in [0.717, 1.165) is 5.13 Å². The number of hydrogen-bond donors (Lipinski definition) is 1. The van der Waals surface area contributed by atoms with Gasteiger partial charge in [0.2, 0.25) is 5.13 Å². The minimum atomic E-state index is -4.63. The van der Waals surface area contributed by atoms with Crippen molar-refractivity contribution in [1.29, 1.82) is 0 Å². The smallest absolute Gasteiger partial charge is 0.373 e. The van der Waals surface area contributed by atoms with E-state index >= 15 is 0 Å². The number of halogens is 3. The largest absolute Gasteiger partial charge is 0.453 e. The zero-order chi connectivity index (χ0) is 18.1. The van der Waals surface area contributed by atoms with Gasteiger partial charge >= 0.3 is 6.18 Å². The predicted octanol–water partition coefficient (Wildman–Crippen LogP) is 1.31. The highest BCUT2D eigenvalue weighted by atomic mass is 32.1. The van der Waals surface area contributed by atoms with Gasteiger partial charge in [-0.3, -0.25) is 0 Å². The number of morpholine rings is 1. The van der Waals surface area contributed by atoms with Crippen LogP contribution in [-0.4, -0.2) is 62.4 Å². The molecule has 0 unspecified atom stereocenters. The number of anilines is 2. The van der Waals surface area contributed by atoms with Crippen molar-refractivity contribution in [3.05, 3.63) is 23.5 Å². The molecule has 0 aliphatic carbocycles. The van der Waals surface area contributed by atoms with Crippen LogP contribution in [-0.2, 0) is 10.9 Å². The molecule has 1 atom stereocenters. The molecule has 1 saturated heterocycles. The maximum Gasteiger partial charge on any atom is 0.453 e. The number of ether oxygens (including phenoxy) is 1. The van der Waals surface area contributed by atoms with Crippen molar-refractivity contribution in [3.8, 4) is 0 Å².